The lowest BCUT2D eigenvalue weighted by molar-refractivity contribution is 0.0985. The average molecular weight is 314 g/mol. The van der Waals surface area contributed by atoms with Crippen molar-refractivity contribution < 1.29 is 8.42 Å². The maximum atomic E-state index is 12.0. The number of sulfonamides is 1. The molecule has 0 bridgehead atoms. The molecule has 2 aliphatic heterocycles. The van der Waals surface area contributed by atoms with E-state index in [1.807, 2.05) is 0 Å². The van der Waals surface area contributed by atoms with Crippen LogP contribution in [-0.2, 0) is 16.6 Å². The van der Waals surface area contributed by atoms with Crippen LogP contribution in [0, 0.1) is 0 Å². The Hall–Kier alpha value is -0.430. The second kappa shape index (κ2) is 5.40. The van der Waals surface area contributed by atoms with E-state index in [-0.39, 0.29) is 5.54 Å². The summed E-state index contributed by atoms with van der Waals surface area (Å²) in [6.07, 6.45) is 5.36. The molecule has 2 aliphatic rings. The Morgan fingerprint density at radius 3 is 2.60 bits per heavy atom. The molecule has 1 spiro atoms. The fourth-order valence-corrected chi connectivity index (χ4v) is 5.80. The van der Waals surface area contributed by atoms with Crippen molar-refractivity contribution in [1.82, 2.24) is 9.21 Å². The molecule has 4 nitrogen and oxygen atoms in total. The molecule has 0 saturated carbocycles. The molecule has 0 aliphatic carbocycles. The lowest BCUT2D eigenvalue weighted by atomic mass is 9.86. The van der Waals surface area contributed by atoms with Gasteiger partial charge >= 0.3 is 0 Å². The molecule has 0 unspecified atom stereocenters. The van der Waals surface area contributed by atoms with Crippen molar-refractivity contribution in [3.63, 3.8) is 0 Å². The van der Waals surface area contributed by atoms with Gasteiger partial charge in [0.1, 0.15) is 0 Å². The van der Waals surface area contributed by atoms with Gasteiger partial charge in [0.25, 0.3) is 0 Å². The molecule has 1 aromatic heterocycles. The van der Waals surface area contributed by atoms with Gasteiger partial charge in [-0.25, -0.2) is 8.42 Å². The zero-order valence-electron chi connectivity index (χ0n) is 11.9. The second-order valence-electron chi connectivity index (χ2n) is 6.07. The summed E-state index contributed by atoms with van der Waals surface area (Å²) in [6.45, 7) is 3.71. The molecule has 3 rings (SSSR count). The summed E-state index contributed by atoms with van der Waals surface area (Å²) in [5.41, 5.74) is 1.29. The smallest absolute Gasteiger partial charge is 0.211 e. The van der Waals surface area contributed by atoms with Crippen LogP contribution in [0.1, 0.15) is 31.2 Å². The van der Waals surface area contributed by atoms with Crippen molar-refractivity contribution in [2.24, 2.45) is 0 Å². The number of hydrogen-bond donors (Lipinski definition) is 0. The summed E-state index contributed by atoms with van der Waals surface area (Å²) in [6, 6.07) is 2.17. The van der Waals surface area contributed by atoms with Gasteiger partial charge in [-0.05, 0) is 48.1 Å². The molecule has 0 radical (unpaired) electrons. The quantitative estimate of drug-likeness (QED) is 0.858. The first-order valence-electron chi connectivity index (χ1n) is 7.21. The molecule has 0 amide bonds. The highest BCUT2D eigenvalue weighted by Crippen LogP contribution is 2.40. The number of thiophene rings is 1. The van der Waals surface area contributed by atoms with Crippen LogP contribution in [0.2, 0.25) is 0 Å². The van der Waals surface area contributed by atoms with Crippen molar-refractivity contribution in [3.8, 4) is 0 Å². The van der Waals surface area contributed by atoms with Crippen LogP contribution < -0.4 is 0 Å². The number of rotatable bonds is 3. The molecule has 0 atom stereocenters. The summed E-state index contributed by atoms with van der Waals surface area (Å²) in [4.78, 5) is 2.45. The Morgan fingerprint density at radius 2 is 2.00 bits per heavy atom. The molecular formula is C14H22N2O2S2. The van der Waals surface area contributed by atoms with E-state index >= 15 is 0 Å². The predicted octanol–water partition coefficient (Wildman–Crippen LogP) is 2.14. The van der Waals surface area contributed by atoms with E-state index in [1.54, 1.807) is 15.6 Å². The first-order valence-corrected chi connectivity index (χ1v) is 10.0. The largest absolute Gasteiger partial charge is 0.299 e. The van der Waals surface area contributed by atoms with E-state index in [2.05, 4.69) is 21.7 Å². The van der Waals surface area contributed by atoms with Crippen LogP contribution in [0.5, 0.6) is 0 Å². The Bertz CT molecular complexity index is 546. The first kappa shape index (κ1) is 14.5. The SMILES string of the molecule is CS(=O)(=O)N1CCCC12CCN(Cc1ccsc1)CC2. The van der Waals surface area contributed by atoms with Crippen molar-refractivity contribution >= 4 is 21.4 Å². The molecule has 20 heavy (non-hydrogen) atoms. The Morgan fingerprint density at radius 1 is 1.25 bits per heavy atom. The van der Waals surface area contributed by atoms with E-state index in [1.165, 1.54) is 11.8 Å². The van der Waals surface area contributed by atoms with Crippen LogP contribution in [0.25, 0.3) is 0 Å². The summed E-state index contributed by atoms with van der Waals surface area (Å²) in [7, 11) is -3.06. The Balaban J connectivity index is 1.65. The van der Waals surface area contributed by atoms with Crippen molar-refractivity contribution in [3.05, 3.63) is 22.4 Å². The van der Waals surface area contributed by atoms with E-state index in [0.29, 0.717) is 6.54 Å². The summed E-state index contributed by atoms with van der Waals surface area (Å²) >= 11 is 1.74. The minimum absolute atomic E-state index is 0.0846. The van der Waals surface area contributed by atoms with E-state index < -0.39 is 10.0 Å². The normalized spacial score (nSPS) is 24.4. The van der Waals surface area contributed by atoms with E-state index in [0.717, 1.165) is 45.3 Å². The molecule has 0 aromatic carbocycles. The van der Waals surface area contributed by atoms with Gasteiger partial charge in [-0.2, -0.15) is 15.6 Å². The van der Waals surface area contributed by atoms with Crippen molar-refractivity contribution in [2.45, 2.75) is 37.8 Å². The maximum Gasteiger partial charge on any atom is 0.211 e. The zero-order chi connectivity index (χ0) is 14.2. The topological polar surface area (TPSA) is 40.6 Å². The van der Waals surface area contributed by atoms with Gasteiger partial charge in [0.2, 0.25) is 10.0 Å². The number of nitrogens with zero attached hydrogens (tertiary/aromatic N) is 2. The van der Waals surface area contributed by atoms with Gasteiger partial charge < -0.3 is 0 Å². The van der Waals surface area contributed by atoms with Crippen LogP contribution in [0.15, 0.2) is 16.8 Å². The zero-order valence-corrected chi connectivity index (χ0v) is 13.5. The third kappa shape index (κ3) is 2.79. The summed E-state index contributed by atoms with van der Waals surface area (Å²) < 4.78 is 25.7. The van der Waals surface area contributed by atoms with Gasteiger partial charge in [0, 0.05) is 31.7 Å². The molecule has 112 valence electrons. The lowest BCUT2D eigenvalue weighted by Crippen LogP contribution is -2.53. The summed E-state index contributed by atoms with van der Waals surface area (Å²) in [5.74, 6) is 0. The lowest BCUT2D eigenvalue weighted by Gasteiger charge is -2.43. The molecule has 1 aromatic rings. The summed E-state index contributed by atoms with van der Waals surface area (Å²) in [5, 5.41) is 4.31. The van der Waals surface area contributed by atoms with Crippen LogP contribution in [0.3, 0.4) is 0 Å². The highest BCUT2D eigenvalue weighted by atomic mass is 32.2. The minimum atomic E-state index is -3.06. The third-order valence-electron chi connectivity index (χ3n) is 4.71. The Labute approximate surface area is 125 Å². The fourth-order valence-electron chi connectivity index (χ4n) is 3.70. The van der Waals surface area contributed by atoms with Gasteiger partial charge in [-0.15, -0.1) is 0 Å². The van der Waals surface area contributed by atoms with Crippen LogP contribution in [0.4, 0.5) is 0 Å². The monoisotopic (exact) mass is 314 g/mol. The van der Waals surface area contributed by atoms with Gasteiger partial charge in [0.05, 0.1) is 6.26 Å². The molecule has 2 saturated heterocycles. The molecule has 2 fully saturated rings. The fraction of sp³-hybridized carbons (Fsp3) is 0.714. The van der Waals surface area contributed by atoms with E-state index in [9.17, 15) is 8.42 Å². The third-order valence-corrected chi connectivity index (χ3v) is 6.81. The van der Waals surface area contributed by atoms with Gasteiger partial charge in [0.15, 0.2) is 0 Å². The van der Waals surface area contributed by atoms with E-state index in [4.69, 9.17) is 0 Å². The number of hydrogen-bond acceptors (Lipinski definition) is 4. The Kier molecular flexibility index (Phi) is 3.92. The van der Waals surface area contributed by atoms with Crippen molar-refractivity contribution in [1.29, 1.82) is 0 Å². The van der Waals surface area contributed by atoms with Crippen molar-refractivity contribution in [2.75, 3.05) is 25.9 Å². The second-order valence-corrected chi connectivity index (χ2v) is 8.76. The van der Waals surface area contributed by atoms with Gasteiger partial charge in [-0.3, -0.25) is 4.90 Å². The highest BCUT2D eigenvalue weighted by Gasteiger charge is 2.46. The predicted molar refractivity (Wildman–Crippen MR) is 82.3 cm³/mol. The maximum absolute atomic E-state index is 12.0. The number of piperidine rings is 1. The average Bonchev–Trinajstić information content (AvgIpc) is 3.01. The van der Waals surface area contributed by atoms with Crippen LogP contribution >= 0.6 is 11.3 Å². The molecule has 6 heteroatoms. The molecule has 0 N–H and O–H groups in total. The minimum Gasteiger partial charge on any atom is -0.299 e. The van der Waals surface area contributed by atoms with Crippen LogP contribution in [-0.4, -0.2) is 49.1 Å². The van der Waals surface area contributed by atoms with Gasteiger partial charge in [-0.1, -0.05) is 0 Å². The molecular weight excluding hydrogens is 292 g/mol. The highest BCUT2D eigenvalue weighted by molar-refractivity contribution is 7.88. The standard InChI is InChI=1S/C14H22N2O2S2/c1-20(17,18)16-7-2-4-14(16)5-8-15(9-6-14)11-13-3-10-19-12-13/h3,10,12H,2,4-9,11H2,1H3. The molecule has 3 heterocycles. The number of likely N-dealkylation sites (tertiary alicyclic amines) is 1. The first-order chi connectivity index (χ1) is 9.50.